The van der Waals surface area contributed by atoms with Crippen molar-refractivity contribution in [3.63, 3.8) is 0 Å². The van der Waals surface area contributed by atoms with Crippen molar-refractivity contribution in [3.05, 3.63) is 60.2 Å². The van der Waals surface area contributed by atoms with Gasteiger partial charge in [0.15, 0.2) is 0 Å². The third-order valence-corrected chi connectivity index (χ3v) is 6.37. The lowest BCUT2D eigenvalue weighted by Crippen LogP contribution is -2.48. The van der Waals surface area contributed by atoms with E-state index in [9.17, 15) is 8.42 Å². The van der Waals surface area contributed by atoms with Crippen LogP contribution in [0.1, 0.15) is 5.56 Å². The standard InChI is InChI=1S/C18H22N2O3S.C2H2O4/c1-23-17-7-9-18(10-8-17)24(21,22)20-13-11-19(12-14-20)15-16-5-3-2-4-6-16;3-1(4)2(5)6/h2-10H,11-15H2,1H3;(H,3,4)(H,5,6). The fourth-order valence-electron chi connectivity index (χ4n) is 2.87. The van der Waals surface area contributed by atoms with Gasteiger partial charge in [-0.2, -0.15) is 4.31 Å². The predicted molar refractivity (Wildman–Crippen MR) is 109 cm³/mol. The summed E-state index contributed by atoms with van der Waals surface area (Å²) in [6.45, 7) is 3.37. The van der Waals surface area contributed by atoms with Gasteiger partial charge in [-0.3, -0.25) is 4.90 Å². The second kappa shape index (κ2) is 10.7. The topological polar surface area (TPSA) is 124 Å². The highest BCUT2D eigenvalue weighted by Gasteiger charge is 2.28. The lowest BCUT2D eigenvalue weighted by atomic mass is 10.2. The first kappa shape index (κ1) is 23.3. The van der Waals surface area contributed by atoms with Gasteiger partial charge in [0.05, 0.1) is 12.0 Å². The summed E-state index contributed by atoms with van der Waals surface area (Å²) in [6.07, 6.45) is 0. The Hall–Kier alpha value is -2.95. The Labute approximate surface area is 175 Å². The Kier molecular flexibility index (Phi) is 8.34. The van der Waals surface area contributed by atoms with Crippen LogP contribution < -0.4 is 4.74 Å². The molecule has 1 fully saturated rings. The van der Waals surface area contributed by atoms with Gasteiger partial charge in [0, 0.05) is 32.7 Å². The first-order valence-corrected chi connectivity index (χ1v) is 10.5. The predicted octanol–water partition coefficient (Wildman–Crippen LogP) is 1.36. The monoisotopic (exact) mass is 436 g/mol. The van der Waals surface area contributed by atoms with Gasteiger partial charge in [0.2, 0.25) is 10.0 Å². The van der Waals surface area contributed by atoms with Crippen LogP contribution in [0, 0.1) is 0 Å². The summed E-state index contributed by atoms with van der Waals surface area (Å²) < 4.78 is 32.1. The van der Waals surface area contributed by atoms with Gasteiger partial charge >= 0.3 is 11.9 Å². The van der Waals surface area contributed by atoms with Crippen LogP contribution in [0.3, 0.4) is 0 Å². The van der Waals surface area contributed by atoms with Crippen molar-refractivity contribution in [2.24, 2.45) is 0 Å². The summed E-state index contributed by atoms with van der Waals surface area (Å²) in [4.78, 5) is 20.8. The number of aliphatic carboxylic acids is 2. The molecule has 2 aromatic carbocycles. The van der Waals surface area contributed by atoms with Crippen LogP contribution in [0.5, 0.6) is 5.75 Å². The van der Waals surface area contributed by atoms with Crippen molar-refractivity contribution in [3.8, 4) is 5.75 Å². The molecule has 9 nitrogen and oxygen atoms in total. The van der Waals surface area contributed by atoms with E-state index in [4.69, 9.17) is 24.5 Å². The largest absolute Gasteiger partial charge is 0.497 e. The molecule has 1 aliphatic rings. The molecule has 2 N–H and O–H groups in total. The Balaban J connectivity index is 0.000000469. The lowest BCUT2D eigenvalue weighted by Gasteiger charge is -2.34. The van der Waals surface area contributed by atoms with E-state index in [-0.39, 0.29) is 0 Å². The van der Waals surface area contributed by atoms with Gasteiger partial charge < -0.3 is 14.9 Å². The van der Waals surface area contributed by atoms with E-state index in [0.29, 0.717) is 23.7 Å². The number of methoxy groups -OCH3 is 1. The van der Waals surface area contributed by atoms with E-state index in [1.165, 1.54) is 5.56 Å². The molecule has 0 spiro atoms. The van der Waals surface area contributed by atoms with Crippen molar-refractivity contribution in [1.82, 2.24) is 9.21 Å². The Morgan fingerprint density at radius 3 is 1.90 bits per heavy atom. The molecule has 1 heterocycles. The molecule has 3 rings (SSSR count). The number of sulfonamides is 1. The molecule has 0 aliphatic carbocycles. The van der Waals surface area contributed by atoms with Crippen molar-refractivity contribution in [2.75, 3.05) is 33.3 Å². The Morgan fingerprint density at radius 2 is 1.43 bits per heavy atom. The first-order chi connectivity index (χ1) is 14.2. The molecule has 0 radical (unpaired) electrons. The van der Waals surface area contributed by atoms with Crippen molar-refractivity contribution >= 4 is 22.0 Å². The van der Waals surface area contributed by atoms with E-state index < -0.39 is 22.0 Å². The summed E-state index contributed by atoms with van der Waals surface area (Å²) >= 11 is 0. The van der Waals surface area contributed by atoms with Gasteiger partial charge in [-0.1, -0.05) is 30.3 Å². The number of carbonyl (C=O) groups is 2. The number of carboxylic acids is 2. The van der Waals surface area contributed by atoms with E-state index in [1.54, 1.807) is 35.7 Å². The normalized spacial score (nSPS) is 15.0. The molecule has 10 heteroatoms. The molecule has 0 amide bonds. The summed E-state index contributed by atoms with van der Waals surface area (Å²) in [6, 6.07) is 16.8. The van der Waals surface area contributed by atoms with Crippen LogP contribution in [0.15, 0.2) is 59.5 Å². The number of nitrogens with zero attached hydrogens (tertiary/aromatic N) is 2. The minimum atomic E-state index is -3.43. The number of hydrogen-bond acceptors (Lipinski definition) is 6. The third-order valence-electron chi connectivity index (χ3n) is 4.46. The summed E-state index contributed by atoms with van der Waals surface area (Å²) in [7, 11) is -1.87. The van der Waals surface area contributed by atoms with Crippen LogP contribution in [0.4, 0.5) is 0 Å². The van der Waals surface area contributed by atoms with Gasteiger partial charge in [-0.25, -0.2) is 18.0 Å². The summed E-state index contributed by atoms with van der Waals surface area (Å²) in [5, 5.41) is 14.8. The highest BCUT2D eigenvalue weighted by atomic mass is 32.2. The summed E-state index contributed by atoms with van der Waals surface area (Å²) in [5.74, 6) is -2.99. The minimum absolute atomic E-state index is 0.319. The zero-order valence-electron chi connectivity index (χ0n) is 16.5. The number of carboxylic acid groups (broad SMARTS) is 2. The van der Waals surface area contributed by atoms with E-state index in [0.717, 1.165) is 19.6 Å². The molecule has 30 heavy (non-hydrogen) atoms. The third kappa shape index (κ3) is 6.55. The average Bonchev–Trinajstić information content (AvgIpc) is 2.75. The molecule has 0 aromatic heterocycles. The fourth-order valence-corrected chi connectivity index (χ4v) is 4.29. The van der Waals surface area contributed by atoms with Crippen LogP contribution in [0.25, 0.3) is 0 Å². The number of piperazine rings is 1. The molecule has 0 unspecified atom stereocenters. The van der Waals surface area contributed by atoms with Gasteiger partial charge in [0.25, 0.3) is 0 Å². The molecular formula is C20H24N2O7S. The van der Waals surface area contributed by atoms with Crippen LogP contribution >= 0.6 is 0 Å². The van der Waals surface area contributed by atoms with Gasteiger partial charge in [-0.15, -0.1) is 0 Å². The minimum Gasteiger partial charge on any atom is -0.497 e. The van der Waals surface area contributed by atoms with Crippen LogP contribution in [-0.2, 0) is 26.2 Å². The van der Waals surface area contributed by atoms with E-state index in [2.05, 4.69) is 17.0 Å². The maximum absolute atomic E-state index is 12.7. The van der Waals surface area contributed by atoms with Crippen LogP contribution in [-0.4, -0.2) is 73.1 Å². The first-order valence-electron chi connectivity index (χ1n) is 9.10. The molecule has 1 aliphatic heterocycles. The fraction of sp³-hybridized carbons (Fsp3) is 0.300. The number of benzene rings is 2. The zero-order valence-corrected chi connectivity index (χ0v) is 17.3. The molecular weight excluding hydrogens is 412 g/mol. The van der Waals surface area contributed by atoms with E-state index in [1.807, 2.05) is 18.2 Å². The average molecular weight is 436 g/mol. The Bertz CT molecular complexity index is 927. The second-order valence-corrected chi connectivity index (χ2v) is 8.39. The zero-order chi connectivity index (χ0) is 22.1. The molecule has 2 aromatic rings. The highest BCUT2D eigenvalue weighted by Crippen LogP contribution is 2.21. The molecule has 1 saturated heterocycles. The number of rotatable bonds is 5. The second-order valence-electron chi connectivity index (χ2n) is 6.45. The van der Waals surface area contributed by atoms with E-state index >= 15 is 0 Å². The van der Waals surface area contributed by atoms with Crippen molar-refractivity contribution < 1.29 is 33.0 Å². The SMILES string of the molecule is COc1ccc(S(=O)(=O)N2CCN(Cc3ccccc3)CC2)cc1.O=C(O)C(=O)O. The Morgan fingerprint density at radius 1 is 0.900 bits per heavy atom. The van der Waals surface area contributed by atoms with Crippen LogP contribution in [0.2, 0.25) is 0 Å². The summed E-state index contributed by atoms with van der Waals surface area (Å²) in [5.41, 5.74) is 1.25. The molecule has 0 saturated carbocycles. The van der Waals surface area contributed by atoms with Gasteiger partial charge in [0.1, 0.15) is 5.75 Å². The molecule has 0 bridgehead atoms. The van der Waals surface area contributed by atoms with Crippen molar-refractivity contribution in [1.29, 1.82) is 0 Å². The lowest BCUT2D eigenvalue weighted by molar-refractivity contribution is -0.159. The molecule has 0 atom stereocenters. The van der Waals surface area contributed by atoms with Gasteiger partial charge in [-0.05, 0) is 29.8 Å². The highest BCUT2D eigenvalue weighted by molar-refractivity contribution is 7.89. The maximum Gasteiger partial charge on any atom is 0.414 e. The number of hydrogen-bond donors (Lipinski definition) is 2. The molecule has 162 valence electrons. The van der Waals surface area contributed by atoms with Crippen molar-refractivity contribution in [2.45, 2.75) is 11.4 Å². The quantitative estimate of drug-likeness (QED) is 0.673. The maximum atomic E-state index is 12.7. The smallest absolute Gasteiger partial charge is 0.414 e. The number of ether oxygens (including phenoxy) is 1.